The fourth-order valence-corrected chi connectivity index (χ4v) is 2.49. The van der Waals surface area contributed by atoms with Crippen LogP contribution in [0.4, 0.5) is 5.69 Å². The van der Waals surface area contributed by atoms with E-state index < -0.39 is 0 Å². The van der Waals surface area contributed by atoms with E-state index in [4.69, 9.17) is 5.73 Å². The van der Waals surface area contributed by atoms with E-state index in [0.29, 0.717) is 24.2 Å². The number of rotatable bonds is 4. The number of phenols is 1. The molecule has 2 rings (SSSR count). The number of nitrogen functional groups attached to an aromatic ring is 1. The molecule has 0 heterocycles. The van der Waals surface area contributed by atoms with Gasteiger partial charge >= 0.3 is 0 Å². The van der Waals surface area contributed by atoms with Crippen molar-refractivity contribution in [3.05, 3.63) is 57.6 Å². The second kappa shape index (κ2) is 6.63. The van der Waals surface area contributed by atoms with Crippen molar-refractivity contribution in [1.29, 1.82) is 0 Å². The number of benzene rings is 2. The minimum atomic E-state index is -0.140. The van der Waals surface area contributed by atoms with Crippen molar-refractivity contribution in [1.82, 2.24) is 5.32 Å². The van der Waals surface area contributed by atoms with E-state index in [1.165, 1.54) is 0 Å². The molecule has 4 nitrogen and oxygen atoms in total. The van der Waals surface area contributed by atoms with Gasteiger partial charge in [0.2, 0.25) is 0 Å². The number of hydrogen-bond acceptors (Lipinski definition) is 3. The Morgan fingerprint density at radius 1 is 1.29 bits per heavy atom. The molecule has 0 spiro atoms. The smallest absolute Gasteiger partial charge is 0.251 e. The SMILES string of the molecule is Cc1c(N)cc(Br)cc1C(=O)NCCc1ccc(O)cc1. The predicted molar refractivity (Wildman–Crippen MR) is 87.4 cm³/mol. The van der Waals surface area contributed by atoms with Crippen molar-refractivity contribution >= 4 is 27.5 Å². The molecule has 1 amide bonds. The molecule has 0 aliphatic rings. The van der Waals surface area contributed by atoms with E-state index in [9.17, 15) is 9.90 Å². The van der Waals surface area contributed by atoms with Crippen molar-refractivity contribution in [3.63, 3.8) is 0 Å². The Hall–Kier alpha value is -2.01. The largest absolute Gasteiger partial charge is 0.508 e. The number of hydrogen-bond donors (Lipinski definition) is 3. The van der Waals surface area contributed by atoms with Gasteiger partial charge in [0.05, 0.1) is 0 Å². The Morgan fingerprint density at radius 3 is 2.62 bits per heavy atom. The summed E-state index contributed by atoms with van der Waals surface area (Å²) in [6.07, 6.45) is 0.703. The summed E-state index contributed by atoms with van der Waals surface area (Å²) < 4.78 is 0.786. The zero-order chi connectivity index (χ0) is 15.4. The standard InChI is InChI=1S/C16H17BrN2O2/c1-10-14(8-12(17)9-15(10)18)16(21)19-7-6-11-2-4-13(20)5-3-11/h2-5,8-9,20H,6-7,18H2,1H3,(H,19,21). The van der Waals surface area contributed by atoms with Crippen LogP contribution in [0.2, 0.25) is 0 Å². The molecule has 0 radical (unpaired) electrons. The van der Waals surface area contributed by atoms with Gasteiger partial charge in [0.1, 0.15) is 5.75 Å². The predicted octanol–water partition coefficient (Wildman–Crippen LogP) is 3.02. The van der Waals surface area contributed by atoms with Gasteiger partial charge in [-0.05, 0) is 48.7 Å². The monoisotopic (exact) mass is 348 g/mol. The molecule has 0 atom stereocenters. The van der Waals surface area contributed by atoms with Crippen LogP contribution in [0.25, 0.3) is 0 Å². The van der Waals surface area contributed by atoms with E-state index in [1.54, 1.807) is 24.3 Å². The minimum absolute atomic E-state index is 0.140. The third-order valence-electron chi connectivity index (χ3n) is 3.29. The van der Waals surface area contributed by atoms with E-state index in [1.807, 2.05) is 19.1 Å². The van der Waals surface area contributed by atoms with Crippen LogP contribution >= 0.6 is 15.9 Å². The van der Waals surface area contributed by atoms with Crippen molar-refractivity contribution in [2.24, 2.45) is 0 Å². The first-order valence-corrected chi connectivity index (χ1v) is 7.38. The van der Waals surface area contributed by atoms with Crippen molar-refractivity contribution in [2.45, 2.75) is 13.3 Å². The van der Waals surface area contributed by atoms with Gasteiger partial charge in [-0.15, -0.1) is 0 Å². The van der Waals surface area contributed by atoms with Gasteiger partial charge < -0.3 is 16.2 Å². The molecule has 0 unspecified atom stereocenters. The Labute approximate surface area is 132 Å². The fraction of sp³-hybridized carbons (Fsp3) is 0.188. The van der Waals surface area contributed by atoms with E-state index in [-0.39, 0.29) is 11.7 Å². The lowest BCUT2D eigenvalue weighted by molar-refractivity contribution is 0.0953. The number of nitrogens with two attached hydrogens (primary N) is 1. The number of amides is 1. The van der Waals surface area contributed by atoms with Crippen LogP contribution in [0.5, 0.6) is 5.75 Å². The minimum Gasteiger partial charge on any atom is -0.508 e. The summed E-state index contributed by atoms with van der Waals surface area (Å²) in [4.78, 5) is 12.2. The number of anilines is 1. The summed E-state index contributed by atoms with van der Waals surface area (Å²) in [6.45, 7) is 2.35. The number of carbonyl (C=O) groups is 1. The molecule has 110 valence electrons. The Morgan fingerprint density at radius 2 is 1.95 bits per heavy atom. The van der Waals surface area contributed by atoms with Crippen LogP contribution in [0.3, 0.4) is 0 Å². The molecule has 21 heavy (non-hydrogen) atoms. The van der Waals surface area contributed by atoms with Crippen molar-refractivity contribution in [3.8, 4) is 5.75 Å². The van der Waals surface area contributed by atoms with Crippen molar-refractivity contribution < 1.29 is 9.90 Å². The van der Waals surface area contributed by atoms with E-state index in [0.717, 1.165) is 15.6 Å². The third kappa shape index (κ3) is 3.98. The summed E-state index contributed by atoms with van der Waals surface area (Å²) in [7, 11) is 0. The van der Waals surface area contributed by atoms with Gasteiger partial charge in [-0.3, -0.25) is 4.79 Å². The number of halogens is 1. The first-order chi connectivity index (χ1) is 9.97. The van der Waals surface area contributed by atoms with Gasteiger partial charge in [0.25, 0.3) is 5.91 Å². The zero-order valence-corrected chi connectivity index (χ0v) is 13.3. The lowest BCUT2D eigenvalue weighted by atomic mass is 10.1. The molecule has 0 saturated carbocycles. The molecule has 5 heteroatoms. The highest BCUT2D eigenvalue weighted by Crippen LogP contribution is 2.22. The second-order valence-electron chi connectivity index (χ2n) is 4.84. The Bertz CT molecular complexity index is 654. The first kappa shape index (κ1) is 15.4. The first-order valence-electron chi connectivity index (χ1n) is 6.59. The highest BCUT2D eigenvalue weighted by atomic mass is 79.9. The number of phenolic OH excluding ortho intramolecular Hbond substituents is 1. The highest BCUT2D eigenvalue weighted by Gasteiger charge is 2.11. The van der Waals surface area contributed by atoms with E-state index in [2.05, 4.69) is 21.2 Å². The Balaban J connectivity index is 1.97. The summed E-state index contributed by atoms with van der Waals surface area (Å²) >= 11 is 3.34. The molecule has 0 aromatic heterocycles. The molecule has 0 aliphatic heterocycles. The molecule has 2 aromatic carbocycles. The molecular weight excluding hydrogens is 332 g/mol. The average Bonchev–Trinajstić information content (AvgIpc) is 2.44. The summed E-state index contributed by atoms with van der Waals surface area (Å²) in [5, 5.41) is 12.1. The van der Waals surface area contributed by atoms with E-state index >= 15 is 0 Å². The molecule has 0 bridgehead atoms. The summed E-state index contributed by atoms with van der Waals surface area (Å²) in [5.74, 6) is 0.0994. The number of aromatic hydroxyl groups is 1. The summed E-state index contributed by atoms with van der Waals surface area (Å²) in [5.41, 5.74) is 8.86. The Kier molecular flexibility index (Phi) is 4.85. The quantitative estimate of drug-likeness (QED) is 0.743. The van der Waals surface area contributed by atoms with Gasteiger partial charge in [-0.25, -0.2) is 0 Å². The number of carbonyl (C=O) groups excluding carboxylic acids is 1. The van der Waals surface area contributed by atoms with Gasteiger partial charge in [0.15, 0.2) is 0 Å². The van der Waals surface area contributed by atoms with Gasteiger partial charge in [-0.1, -0.05) is 28.1 Å². The summed E-state index contributed by atoms with van der Waals surface area (Å²) in [6, 6.07) is 10.5. The highest BCUT2D eigenvalue weighted by molar-refractivity contribution is 9.10. The van der Waals surface area contributed by atoms with Gasteiger partial charge in [-0.2, -0.15) is 0 Å². The maximum absolute atomic E-state index is 12.2. The second-order valence-corrected chi connectivity index (χ2v) is 5.76. The fourth-order valence-electron chi connectivity index (χ4n) is 2.01. The molecule has 0 saturated heterocycles. The molecular formula is C16H17BrN2O2. The van der Waals surface area contributed by atoms with Crippen molar-refractivity contribution in [2.75, 3.05) is 12.3 Å². The van der Waals surface area contributed by atoms with Gasteiger partial charge in [0, 0.05) is 22.3 Å². The molecule has 0 fully saturated rings. The topological polar surface area (TPSA) is 75.4 Å². The maximum Gasteiger partial charge on any atom is 0.251 e. The van der Waals surface area contributed by atoms with Crippen LogP contribution in [0.1, 0.15) is 21.5 Å². The lowest BCUT2D eigenvalue weighted by Gasteiger charge is -2.10. The van der Waals surface area contributed by atoms with Crippen LogP contribution in [0, 0.1) is 6.92 Å². The van der Waals surface area contributed by atoms with Crippen LogP contribution in [-0.4, -0.2) is 17.6 Å². The van der Waals surface area contributed by atoms with Crippen LogP contribution in [-0.2, 0) is 6.42 Å². The average molecular weight is 349 g/mol. The normalized spacial score (nSPS) is 10.4. The van der Waals surface area contributed by atoms with Crippen LogP contribution < -0.4 is 11.1 Å². The molecule has 2 aromatic rings. The zero-order valence-electron chi connectivity index (χ0n) is 11.7. The number of nitrogens with one attached hydrogen (secondary N) is 1. The molecule has 0 aliphatic carbocycles. The maximum atomic E-state index is 12.2. The lowest BCUT2D eigenvalue weighted by Crippen LogP contribution is -2.26. The molecule has 4 N–H and O–H groups in total. The van der Waals surface area contributed by atoms with Crippen LogP contribution in [0.15, 0.2) is 40.9 Å². The third-order valence-corrected chi connectivity index (χ3v) is 3.75.